The molecule has 6 aromatic heterocycles. The van der Waals surface area contributed by atoms with Crippen molar-refractivity contribution < 1.29 is 9.18 Å². The Morgan fingerprint density at radius 1 is 1.10 bits per heavy atom. The summed E-state index contributed by atoms with van der Waals surface area (Å²) in [4.78, 5) is 34.2. The highest BCUT2D eigenvalue weighted by Crippen LogP contribution is 2.35. The van der Waals surface area contributed by atoms with Crippen molar-refractivity contribution in [3.05, 3.63) is 59.6 Å². The van der Waals surface area contributed by atoms with Crippen LogP contribution in [0.2, 0.25) is 0 Å². The van der Waals surface area contributed by atoms with Crippen LogP contribution < -0.4 is 5.32 Å². The van der Waals surface area contributed by atoms with E-state index in [0.29, 0.717) is 33.9 Å². The zero-order chi connectivity index (χ0) is 27.2. The minimum Gasteiger partial charge on any atom is -0.336 e. The summed E-state index contributed by atoms with van der Waals surface area (Å²) in [6, 6.07) is 5.56. The van der Waals surface area contributed by atoms with Crippen LogP contribution >= 0.6 is 11.3 Å². The molecule has 9 nitrogen and oxygen atoms in total. The van der Waals surface area contributed by atoms with E-state index in [1.807, 2.05) is 22.9 Å². The summed E-state index contributed by atoms with van der Waals surface area (Å²) in [5.41, 5.74) is 5.23. The van der Waals surface area contributed by atoms with Crippen molar-refractivity contribution in [3.63, 3.8) is 0 Å². The number of fused-ring (bicyclic) bond motifs is 2. The Labute approximate surface area is 232 Å². The second kappa shape index (κ2) is 9.91. The monoisotopic (exact) mass is 552 g/mol. The molecular weight excluding hydrogens is 527 g/mol. The van der Waals surface area contributed by atoms with Crippen molar-refractivity contribution in [2.75, 3.05) is 5.32 Å². The van der Waals surface area contributed by atoms with Crippen LogP contribution in [0.5, 0.6) is 0 Å². The average Bonchev–Trinajstić information content (AvgIpc) is 3.73. The first-order chi connectivity index (χ1) is 19.6. The Hall–Kier alpha value is -4.51. The summed E-state index contributed by atoms with van der Waals surface area (Å²) in [5, 5.41) is 11.8. The third-order valence-electron chi connectivity index (χ3n) is 7.50. The highest BCUT2D eigenvalue weighted by Gasteiger charge is 2.24. The Morgan fingerprint density at radius 3 is 2.80 bits per heavy atom. The smallest absolute Gasteiger partial charge is 0.227 e. The van der Waals surface area contributed by atoms with Crippen LogP contribution in [0.25, 0.3) is 56.0 Å². The first-order valence-corrected chi connectivity index (χ1v) is 14.2. The van der Waals surface area contributed by atoms with Gasteiger partial charge in [0.25, 0.3) is 0 Å². The first kappa shape index (κ1) is 24.5. The van der Waals surface area contributed by atoms with E-state index >= 15 is 4.39 Å². The molecule has 6 heterocycles. The van der Waals surface area contributed by atoms with Crippen LogP contribution in [0.3, 0.4) is 0 Å². The SMILES string of the molecule is Cn1nc(-c2nc3c(-c4ccsc4)nccc3[nH]2)c2c(F)c(-c3cncc(NC(=O)C4CCCCC4)c3)cnc21. The number of H-pyrrole nitrogens is 1. The molecule has 2 N–H and O–H groups in total. The van der Waals surface area contributed by atoms with Gasteiger partial charge in [0.1, 0.15) is 17.0 Å². The molecule has 0 bridgehead atoms. The zero-order valence-corrected chi connectivity index (χ0v) is 22.5. The number of imidazole rings is 1. The summed E-state index contributed by atoms with van der Waals surface area (Å²) in [5.74, 6) is -0.0651. The van der Waals surface area contributed by atoms with Crippen LogP contribution in [0.1, 0.15) is 32.1 Å². The summed E-state index contributed by atoms with van der Waals surface area (Å²) >= 11 is 1.58. The molecule has 0 unspecified atom stereocenters. The maximum absolute atomic E-state index is 16.3. The van der Waals surface area contributed by atoms with E-state index in [9.17, 15) is 4.79 Å². The van der Waals surface area contributed by atoms with Gasteiger partial charge in [-0.15, -0.1) is 0 Å². The van der Waals surface area contributed by atoms with Gasteiger partial charge in [0.15, 0.2) is 11.5 Å². The molecule has 0 radical (unpaired) electrons. The molecule has 0 aromatic carbocycles. The lowest BCUT2D eigenvalue weighted by Gasteiger charge is -2.20. The molecule has 1 saturated carbocycles. The molecule has 1 aliphatic carbocycles. The van der Waals surface area contributed by atoms with Crippen molar-refractivity contribution in [3.8, 4) is 33.9 Å². The zero-order valence-electron chi connectivity index (χ0n) is 21.7. The summed E-state index contributed by atoms with van der Waals surface area (Å²) in [7, 11) is 1.72. The van der Waals surface area contributed by atoms with E-state index in [1.54, 1.807) is 47.7 Å². The third-order valence-corrected chi connectivity index (χ3v) is 8.18. The number of hydrogen-bond donors (Lipinski definition) is 2. The molecule has 0 saturated heterocycles. The molecule has 40 heavy (non-hydrogen) atoms. The van der Waals surface area contributed by atoms with E-state index in [2.05, 4.69) is 30.4 Å². The van der Waals surface area contributed by atoms with Gasteiger partial charge in [0.05, 0.1) is 28.5 Å². The number of nitrogens with zero attached hydrogens (tertiary/aromatic N) is 6. The van der Waals surface area contributed by atoms with Crippen LogP contribution in [0.4, 0.5) is 10.1 Å². The summed E-state index contributed by atoms with van der Waals surface area (Å²) < 4.78 is 17.8. The number of halogens is 1. The average molecular weight is 553 g/mol. The fourth-order valence-corrected chi connectivity index (χ4v) is 6.11. The van der Waals surface area contributed by atoms with Crippen molar-refractivity contribution in [2.45, 2.75) is 32.1 Å². The van der Waals surface area contributed by atoms with Gasteiger partial charge in [0, 0.05) is 53.6 Å². The number of carbonyl (C=O) groups excluding carboxylic acids is 1. The van der Waals surface area contributed by atoms with E-state index in [1.165, 1.54) is 12.6 Å². The molecule has 6 aromatic rings. The number of aromatic nitrogens is 7. The minimum absolute atomic E-state index is 0.00405. The van der Waals surface area contributed by atoms with Gasteiger partial charge in [-0.3, -0.25) is 14.8 Å². The van der Waals surface area contributed by atoms with Crippen molar-refractivity contribution in [1.29, 1.82) is 0 Å². The number of hydrogen-bond acceptors (Lipinski definition) is 7. The van der Waals surface area contributed by atoms with Gasteiger partial charge in [-0.05, 0) is 36.4 Å². The maximum atomic E-state index is 16.3. The molecule has 1 aliphatic rings. The van der Waals surface area contributed by atoms with Gasteiger partial charge in [-0.1, -0.05) is 19.3 Å². The number of anilines is 1. The fraction of sp³-hybridized carbons (Fsp3) is 0.241. The lowest BCUT2D eigenvalue weighted by Crippen LogP contribution is -2.24. The third kappa shape index (κ3) is 4.22. The molecule has 1 amide bonds. The Bertz CT molecular complexity index is 1870. The molecule has 1 fully saturated rings. The quantitative estimate of drug-likeness (QED) is 0.257. The fourth-order valence-electron chi connectivity index (χ4n) is 5.47. The van der Waals surface area contributed by atoms with Gasteiger partial charge < -0.3 is 10.3 Å². The highest BCUT2D eigenvalue weighted by molar-refractivity contribution is 7.08. The number of aromatic amines is 1. The van der Waals surface area contributed by atoms with Crippen LogP contribution in [0.15, 0.2) is 53.7 Å². The van der Waals surface area contributed by atoms with Crippen LogP contribution in [-0.2, 0) is 11.8 Å². The Morgan fingerprint density at radius 2 is 1.98 bits per heavy atom. The number of nitrogens with one attached hydrogen (secondary N) is 2. The number of aryl methyl sites for hydroxylation is 1. The number of carbonyl (C=O) groups is 1. The van der Waals surface area contributed by atoms with Gasteiger partial charge in [0.2, 0.25) is 5.91 Å². The number of pyridine rings is 3. The first-order valence-electron chi connectivity index (χ1n) is 13.2. The van der Waals surface area contributed by atoms with E-state index < -0.39 is 5.82 Å². The van der Waals surface area contributed by atoms with E-state index in [4.69, 9.17) is 4.98 Å². The standard InChI is InChI=1S/C29H25FN8OS/c1-38-28-22(26(37-38)27-35-21-7-9-32-24(25(21)36-27)17-8-10-40-15-17)23(30)20(14-33-28)18-11-19(13-31-12-18)34-29(39)16-5-3-2-4-6-16/h7-16H,2-6H2,1H3,(H,34,39)(H,35,36). The number of rotatable bonds is 5. The molecule has 200 valence electrons. The van der Waals surface area contributed by atoms with E-state index in [0.717, 1.165) is 42.5 Å². The normalized spacial score (nSPS) is 14.2. The lowest BCUT2D eigenvalue weighted by atomic mass is 9.88. The van der Waals surface area contributed by atoms with Crippen molar-refractivity contribution in [1.82, 2.24) is 34.7 Å². The van der Waals surface area contributed by atoms with Crippen molar-refractivity contribution in [2.24, 2.45) is 13.0 Å². The van der Waals surface area contributed by atoms with Gasteiger partial charge in [-0.2, -0.15) is 16.4 Å². The van der Waals surface area contributed by atoms with Crippen LogP contribution in [-0.4, -0.2) is 40.6 Å². The minimum atomic E-state index is -0.484. The predicted octanol–water partition coefficient (Wildman–Crippen LogP) is 6.36. The summed E-state index contributed by atoms with van der Waals surface area (Å²) in [6.45, 7) is 0. The predicted molar refractivity (Wildman–Crippen MR) is 153 cm³/mol. The van der Waals surface area contributed by atoms with Crippen LogP contribution in [0, 0.1) is 11.7 Å². The Balaban J connectivity index is 1.29. The largest absolute Gasteiger partial charge is 0.336 e. The molecule has 7 rings (SSSR count). The second-order valence-electron chi connectivity index (χ2n) is 10.1. The molecule has 0 aliphatic heterocycles. The van der Waals surface area contributed by atoms with Gasteiger partial charge >= 0.3 is 0 Å². The number of thiophene rings is 1. The highest BCUT2D eigenvalue weighted by atomic mass is 32.1. The topological polar surface area (TPSA) is 114 Å². The molecule has 0 spiro atoms. The molecular formula is C29H25FN8OS. The van der Waals surface area contributed by atoms with Crippen molar-refractivity contribution >= 4 is 45.0 Å². The lowest BCUT2D eigenvalue weighted by molar-refractivity contribution is -0.120. The number of amides is 1. The Kier molecular flexibility index (Phi) is 6.07. The molecule has 11 heteroatoms. The maximum Gasteiger partial charge on any atom is 0.227 e. The summed E-state index contributed by atoms with van der Waals surface area (Å²) in [6.07, 6.45) is 11.4. The van der Waals surface area contributed by atoms with Gasteiger partial charge in [-0.25, -0.2) is 19.0 Å². The molecule has 0 atom stereocenters. The second-order valence-corrected chi connectivity index (χ2v) is 10.9. The van der Waals surface area contributed by atoms with E-state index in [-0.39, 0.29) is 22.8 Å².